The van der Waals surface area contributed by atoms with Crippen LogP contribution in [0.5, 0.6) is 34.5 Å². The Kier molecular flexibility index (Phi) is 22.0. The first-order valence-electron chi connectivity index (χ1n) is 41.8. The molecule has 0 spiro atoms. The lowest BCUT2D eigenvalue weighted by Gasteiger charge is -2.34. The maximum absolute atomic E-state index is 6.75. The summed E-state index contributed by atoms with van der Waals surface area (Å²) >= 11 is 0. The smallest absolute Gasteiger partial charge is 0.151 e. The van der Waals surface area contributed by atoms with Crippen LogP contribution in [0.2, 0.25) is 0 Å². The van der Waals surface area contributed by atoms with Crippen molar-refractivity contribution in [2.24, 2.45) is 0 Å². The van der Waals surface area contributed by atoms with Crippen LogP contribution in [-0.2, 0) is 28.1 Å². The molecule has 3 aliphatic rings. The lowest BCUT2D eigenvalue weighted by atomic mass is 9.84. The van der Waals surface area contributed by atoms with E-state index in [1.54, 1.807) is 0 Å². The Balaban J connectivity index is 0.000000200. The molecule has 3 aliphatic heterocycles. The predicted molar refractivity (Wildman–Crippen MR) is 498 cm³/mol. The molecule has 0 aromatic heterocycles. The van der Waals surface area contributed by atoms with E-state index in [2.05, 4.69) is 438 Å². The zero-order valence-electron chi connectivity index (χ0n) is 72.3. The van der Waals surface area contributed by atoms with Crippen molar-refractivity contribution in [3.8, 4) is 101 Å². The molecular weight excluding hydrogens is 1420 g/mol. The van der Waals surface area contributed by atoms with Crippen molar-refractivity contribution >= 4 is 45.5 Å². The summed E-state index contributed by atoms with van der Waals surface area (Å²) in [5, 5.41) is 0. The molecule has 0 saturated heterocycles. The summed E-state index contributed by atoms with van der Waals surface area (Å²) < 4.78 is 18.9. The lowest BCUT2D eigenvalue weighted by molar-refractivity contribution is 0.474. The van der Waals surface area contributed by atoms with Gasteiger partial charge in [-0.1, -0.05) is 242 Å². The third-order valence-corrected chi connectivity index (χ3v) is 23.1. The summed E-state index contributed by atoms with van der Waals surface area (Å²) in [6.45, 7) is 42.2. The zero-order valence-corrected chi connectivity index (χ0v) is 72.3. The van der Waals surface area contributed by atoms with Crippen molar-refractivity contribution in [2.45, 2.75) is 172 Å². The Bertz CT molecular complexity index is 5510. The highest BCUT2D eigenvalue weighted by Crippen LogP contribution is 2.55. The molecule has 6 nitrogen and oxygen atoms in total. The molecule has 0 unspecified atom stereocenters. The van der Waals surface area contributed by atoms with E-state index in [-0.39, 0.29) is 21.7 Å². The number of nitrogens with zero attached hydrogens (tertiary/aromatic N) is 3. The Morgan fingerprint density at radius 3 is 0.701 bits per heavy atom. The number of fused-ring (bicyclic) bond motifs is 6. The van der Waals surface area contributed by atoms with Crippen LogP contribution in [0.3, 0.4) is 0 Å². The SMILES string of the molecule is CCCCc1ccc(N2c3ccc(C)cc3Oc3cc(C)ccc32)cc1.Cc1ccc2c(c1)Oc1cc(C)ccc1N2C.Cc1ccc2c(c1)Oc1cc(C)ccc1N2c1cc(-c2cc(-c3ccc(C(C)(C)C)cc3)cc(-c3ccc(C(C)(C)C)cc3)c2)cc(-c2cc(-c3ccc(C(C)(C)C)cc3)cc(-c3ccc(C(C)(C)C)cc3)c2)c1. The van der Waals surface area contributed by atoms with Gasteiger partial charge in [0.15, 0.2) is 34.5 Å². The number of rotatable bonds is 11. The normalized spacial score (nSPS) is 12.7. The molecule has 0 atom stereocenters. The monoisotopic (exact) mass is 1540 g/mol. The molecule has 14 aromatic rings. The van der Waals surface area contributed by atoms with Gasteiger partial charge in [-0.3, -0.25) is 0 Å². The van der Waals surface area contributed by atoms with E-state index in [0.717, 1.165) is 114 Å². The molecule has 117 heavy (non-hydrogen) atoms. The highest BCUT2D eigenvalue weighted by atomic mass is 16.5. The van der Waals surface area contributed by atoms with Gasteiger partial charge in [-0.15, -0.1) is 0 Å². The van der Waals surface area contributed by atoms with E-state index in [1.165, 1.54) is 113 Å². The van der Waals surface area contributed by atoms with Crippen LogP contribution >= 0.6 is 0 Å². The van der Waals surface area contributed by atoms with Crippen molar-refractivity contribution in [3.05, 3.63) is 346 Å². The topological polar surface area (TPSA) is 37.4 Å². The number of benzene rings is 14. The second-order valence-corrected chi connectivity index (χ2v) is 36.8. The van der Waals surface area contributed by atoms with Gasteiger partial charge >= 0.3 is 0 Å². The molecule has 17 rings (SSSR count). The van der Waals surface area contributed by atoms with Crippen LogP contribution in [0, 0.1) is 41.5 Å². The average molecular weight is 1540 g/mol. The number of unbranched alkanes of at least 4 members (excludes halogenated alkanes) is 1. The van der Waals surface area contributed by atoms with E-state index >= 15 is 0 Å². The van der Waals surface area contributed by atoms with Crippen LogP contribution in [0.1, 0.15) is 164 Å². The van der Waals surface area contributed by atoms with Gasteiger partial charge < -0.3 is 28.9 Å². The molecule has 0 fully saturated rings. The minimum atomic E-state index is 0.0498. The Morgan fingerprint density at radius 1 is 0.231 bits per heavy atom. The number of ether oxygens (including phenoxy) is 3. The molecule has 0 bridgehead atoms. The summed E-state index contributed by atoms with van der Waals surface area (Å²) in [6.07, 6.45) is 3.61. The molecule has 0 aliphatic carbocycles. The Morgan fingerprint density at radius 2 is 0.453 bits per heavy atom. The van der Waals surface area contributed by atoms with Crippen molar-refractivity contribution in [1.82, 2.24) is 0 Å². The highest BCUT2D eigenvalue weighted by Gasteiger charge is 2.31. The summed E-state index contributed by atoms with van der Waals surface area (Å²) in [4.78, 5) is 6.88. The fourth-order valence-electron chi connectivity index (χ4n) is 16.0. The maximum atomic E-state index is 6.75. The molecule has 590 valence electrons. The first-order valence-corrected chi connectivity index (χ1v) is 41.8. The fourth-order valence-corrected chi connectivity index (χ4v) is 16.0. The summed E-state index contributed by atoms with van der Waals surface area (Å²) in [5.74, 6) is 5.39. The Labute approximate surface area is 697 Å². The van der Waals surface area contributed by atoms with Crippen molar-refractivity contribution < 1.29 is 14.2 Å². The lowest BCUT2D eigenvalue weighted by Crippen LogP contribution is -2.16. The van der Waals surface area contributed by atoms with Crippen LogP contribution in [-0.4, -0.2) is 7.05 Å². The van der Waals surface area contributed by atoms with Crippen molar-refractivity contribution in [2.75, 3.05) is 21.7 Å². The van der Waals surface area contributed by atoms with Crippen LogP contribution in [0.4, 0.5) is 45.5 Å². The van der Waals surface area contributed by atoms with Crippen molar-refractivity contribution in [3.63, 3.8) is 0 Å². The van der Waals surface area contributed by atoms with Gasteiger partial charge in [0.25, 0.3) is 0 Å². The summed E-state index contributed by atoms with van der Waals surface area (Å²) in [7, 11) is 2.07. The molecule has 0 radical (unpaired) electrons. The van der Waals surface area contributed by atoms with E-state index in [1.807, 2.05) is 0 Å². The van der Waals surface area contributed by atoms with Gasteiger partial charge in [-0.25, -0.2) is 0 Å². The molecule has 0 amide bonds. The third kappa shape index (κ3) is 17.5. The van der Waals surface area contributed by atoms with E-state index in [0.29, 0.717) is 0 Å². The third-order valence-electron chi connectivity index (χ3n) is 23.1. The number of anilines is 8. The number of hydrogen-bond donors (Lipinski definition) is 0. The quantitative estimate of drug-likeness (QED) is 0.128. The molecule has 0 N–H and O–H groups in total. The van der Waals surface area contributed by atoms with Crippen LogP contribution < -0.4 is 28.9 Å². The van der Waals surface area contributed by atoms with Crippen molar-refractivity contribution in [1.29, 1.82) is 0 Å². The second-order valence-electron chi connectivity index (χ2n) is 36.8. The standard InChI is InChI=1S/C72H73NO.C24H25NO.C15H15NO/c1-46-15-33-65-67(35-46)74-68-36-47(2)16-34-66(68)73(65)64-44-58(56-39-52(48-17-25-60(26-18-48)69(3,4)5)37-53(40-56)49-19-27-61(28-20-49)70(6,7)8)43-59(45-64)57-41-54(50-21-29-62(30-22-50)71(9,10)11)38-55(42-57)51-23-31-63(32-24-51)72(12,13)14;1-4-5-6-19-9-11-20(12-10-19)25-21-13-7-17(2)15-23(21)26-24-16-18(3)8-14-22(24)25;1-10-4-6-12-14(8-10)17-15-9-11(2)5-7-13(15)16(12)3/h15-45H,1-14H3;7-16H,4-6H2,1-3H3;4-9H,1-3H3. The van der Waals surface area contributed by atoms with E-state index < -0.39 is 0 Å². The molecule has 0 saturated carbocycles. The predicted octanol–water partition coefficient (Wildman–Crippen LogP) is 32.5. The largest absolute Gasteiger partial charge is 0.453 e. The average Bonchev–Trinajstić information content (AvgIpc) is 0.746. The molecule has 6 heteroatoms. The number of aryl methyl sites for hydroxylation is 7. The second kappa shape index (κ2) is 32.2. The highest BCUT2D eigenvalue weighted by molar-refractivity contribution is 5.94. The Hall–Kier alpha value is -12.1. The van der Waals surface area contributed by atoms with Gasteiger partial charge in [0.1, 0.15) is 0 Å². The molecular formula is C111H113N3O3. The maximum Gasteiger partial charge on any atom is 0.151 e. The van der Waals surface area contributed by atoms with Gasteiger partial charge in [0.05, 0.1) is 34.1 Å². The van der Waals surface area contributed by atoms with Gasteiger partial charge in [-0.05, 0) is 344 Å². The zero-order chi connectivity index (χ0) is 82.6. The molecule has 14 aromatic carbocycles. The van der Waals surface area contributed by atoms with E-state index in [4.69, 9.17) is 14.2 Å². The van der Waals surface area contributed by atoms with Gasteiger partial charge in [-0.2, -0.15) is 0 Å². The first-order chi connectivity index (χ1) is 55.7. The summed E-state index contributed by atoms with van der Waals surface area (Å²) in [6, 6.07) is 106. The van der Waals surface area contributed by atoms with Crippen LogP contribution in [0.15, 0.2) is 285 Å². The van der Waals surface area contributed by atoms with Gasteiger partial charge in [0.2, 0.25) is 0 Å². The van der Waals surface area contributed by atoms with Crippen LogP contribution in [0.25, 0.3) is 66.8 Å². The minimum Gasteiger partial charge on any atom is -0.453 e. The van der Waals surface area contributed by atoms with Gasteiger partial charge in [0, 0.05) is 18.4 Å². The first kappa shape index (κ1) is 80.1. The number of hydrogen-bond acceptors (Lipinski definition) is 6. The fraction of sp³-hybridized carbons (Fsp3) is 0.243. The summed E-state index contributed by atoms with van der Waals surface area (Å²) in [5.41, 5.74) is 36.7. The van der Waals surface area contributed by atoms with E-state index in [9.17, 15) is 0 Å². The minimum absolute atomic E-state index is 0.0498. The molecule has 3 heterocycles.